The maximum atomic E-state index is 12.6. The largest absolute Gasteiger partial charge is 0.456 e. The Morgan fingerprint density at radius 1 is 0.969 bits per heavy atom. The molecule has 0 saturated heterocycles. The smallest absolute Gasteiger partial charge is 0.287 e. The summed E-state index contributed by atoms with van der Waals surface area (Å²) in [5.74, 6) is 0.860. The zero-order valence-corrected chi connectivity index (χ0v) is 20.4. The highest BCUT2D eigenvalue weighted by molar-refractivity contribution is 5.91. The number of carbonyl (C=O) groups excluding carboxylic acids is 1. The van der Waals surface area contributed by atoms with Crippen molar-refractivity contribution in [2.75, 3.05) is 6.54 Å². The molecule has 1 aromatic carbocycles. The lowest BCUT2D eigenvalue weighted by atomic mass is 9.62. The van der Waals surface area contributed by atoms with Gasteiger partial charge in [-0.3, -0.25) is 4.79 Å². The van der Waals surface area contributed by atoms with Crippen molar-refractivity contribution < 1.29 is 14.3 Å². The standard InChI is InChI=1S/C28H39NO3/c1-19-15-22-23(27(4,5)14-13-26(22,2)3)17-20(19)16-21-9-10-24(32-21)25(30)29-18-28(31)11-7-6-8-12-28/h9-10,15,17,31H,6-8,11-14,16,18H2,1-5H3,(H,29,30). The van der Waals surface area contributed by atoms with Gasteiger partial charge >= 0.3 is 0 Å². The molecule has 1 heterocycles. The number of benzene rings is 1. The number of aryl methyl sites for hydroxylation is 1. The summed E-state index contributed by atoms with van der Waals surface area (Å²) in [5.41, 5.74) is 5.04. The van der Waals surface area contributed by atoms with Gasteiger partial charge in [0.05, 0.1) is 5.60 Å². The Bertz CT molecular complexity index is 992. The molecule has 0 unspecified atom stereocenters. The van der Waals surface area contributed by atoms with Crippen LogP contribution in [0.5, 0.6) is 0 Å². The van der Waals surface area contributed by atoms with Crippen LogP contribution in [0.15, 0.2) is 28.7 Å². The lowest BCUT2D eigenvalue weighted by Crippen LogP contribution is -2.44. The van der Waals surface area contributed by atoms with E-state index in [-0.39, 0.29) is 23.3 Å². The second kappa shape index (κ2) is 8.37. The molecule has 2 aliphatic carbocycles. The molecule has 0 atom stereocenters. The van der Waals surface area contributed by atoms with Gasteiger partial charge in [0.15, 0.2) is 5.76 Å². The van der Waals surface area contributed by atoms with E-state index in [9.17, 15) is 9.90 Å². The van der Waals surface area contributed by atoms with Gasteiger partial charge in [-0.25, -0.2) is 0 Å². The van der Waals surface area contributed by atoms with Crippen LogP contribution in [0.4, 0.5) is 0 Å². The van der Waals surface area contributed by atoms with Crippen molar-refractivity contribution in [3.8, 4) is 0 Å². The quantitative estimate of drug-likeness (QED) is 0.607. The van der Waals surface area contributed by atoms with E-state index < -0.39 is 5.60 Å². The van der Waals surface area contributed by atoms with Crippen LogP contribution < -0.4 is 5.32 Å². The van der Waals surface area contributed by atoms with Gasteiger partial charge in [0, 0.05) is 13.0 Å². The van der Waals surface area contributed by atoms with Gasteiger partial charge in [0.2, 0.25) is 0 Å². The SMILES string of the molecule is Cc1cc2c(cc1Cc1ccc(C(=O)NCC3(O)CCCCC3)o1)C(C)(C)CCC2(C)C. The van der Waals surface area contributed by atoms with Crippen LogP contribution in [0.1, 0.15) is 111 Å². The molecule has 0 aliphatic heterocycles. The zero-order chi connectivity index (χ0) is 23.1. The fourth-order valence-electron chi connectivity index (χ4n) is 5.46. The lowest BCUT2D eigenvalue weighted by molar-refractivity contribution is 0.00502. The van der Waals surface area contributed by atoms with Crippen molar-refractivity contribution in [3.05, 3.63) is 58.0 Å². The van der Waals surface area contributed by atoms with Crippen molar-refractivity contribution in [1.29, 1.82) is 0 Å². The van der Waals surface area contributed by atoms with Gasteiger partial charge in [0.25, 0.3) is 5.91 Å². The Morgan fingerprint density at radius 3 is 2.25 bits per heavy atom. The van der Waals surface area contributed by atoms with Gasteiger partial charge in [-0.05, 0) is 77.8 Å². The number of aliphatic hydroxyl groups is 1. The Labute approximate surface area is 192 Å². The van der Waals surface area contributed by atoms with Crippen LogP contribution in [0.2, 0.25) is 0 Å². The summed E-state index contributed by atoms with van der Waals surface area (Å²) in [5, 5.41) is 13.5. The number of nitrogens with one attached hydrogen (secondary N) is 1. The molecule has 174 valence electrons. The van der Waals surface area contributed by atoms with Crippen LogP contribution in [-0.2, 0) is 17.3 Å². The molecule has 0 spiro atoms. The first-order chi connectivity index (χ1) is 15.0. The molecule has 0 radical (unpaired) electrons. The molecule has 0 bridgehead atoms. The molecule has 2 N–H and O–H groups in total. The summed E-state index contributed by atoms with van der Waals surface area (Å²) in [6.45, 7) is 11.8. The molecule has 1 saturated carbocycles. The number of hydrogen-bond donors (Lipinski definition) is 2. The van der Waals surface area contributed by atoms with E-state index in [1.807, 2.05) is 6.07 Å². The van der Waals surface area contributed by atoms with Gasteiger partial charge in [0.1, 0.15) is 5.76 Å². The van der Waals surface area contributed by atoms with Crippen LogP contribution in [0, 0.1) is 6.92 Å². The Kier molecular flexibility index (Phi) is 6.04. The topological polar surface area (TPSA) is 62.5 Å². The monoisotopic (exact) mass is 437 g/mol. The molecule has 32 heavy (non-hydrogen) atoms. The van der Waals surface area contributed by atoms with Crippen molar-refractivity contribution in [2.24, 2.45) is 0 Å². The van der Waals surface area contributed by atoms with E-state index in [4.69, 9.17) is 4.42 Å². The average molecular weight is 438 g/mol. The normalized spacial score (nSPS) is 21.1. The fourth-order valence-corrected chi connectivity index (χ4v) is 5.46. The first-order valence-electron chi connectivity index (χ1n) is 12.2. The van der Waals surface area contributed by atoms with Crippen LogP contribution in [0.25, 0.3) is 0 Å². The summed E-state index contributed by atoms with van der Waals surface area (Å²) in [4.78, 5) is 12.6. The molecular formula is C28H39NO3. The highest BCUT2D eigenvalue weighted by Crippen LogP contribution is 2.46. The van der Waals surface area contributed by atoms with E-state index in [0.29, 0.717) is 12.2 Å². The van der Waals surface area contributed by atoms with Crippen molar-refractivity contribution >= 4 is 5.91 Å². The Morgan fingerprint density at radius 2 is 1.59 bits per heavy atom. The molecule has 1 amide bonds. The van der Waals surface area contributed by atoms with E-state index in [1.165, 1.54) is 35.1 Å². The first-order valence-corrected chi connectivity index (χ1v) is 12.2. The molecule has 1 fully saturated rings. The summed E-state index contributed by atoms with van der Waals surface area (Å²) >= 11 is 0. The second-order valence-electron chi connectivity index (χ2n) is 11.5. The van der Waals surface area contributed by atoms with Crippen LogP contribution in [0.3, 0.4) is 0 Å². The average Bonchev–Trinajstić information content (AvgIpc) is 3.20. The van der Waals surface area contributed by atoms with Gasteiger partial charge in [-0.15, -0.1) is 0 Å². The van der Waals surface area contributed by atoms with Gasteiger partial charge < -0.3 is 14.8 Å². The summed E-state index contributed by atoms with van der Waals surface area (Å²) in [6.07, 6.45) is 7.77. The third-order valence-corrected chi connectivity index (χ3v) is 7.92. The molecule has 4 heteroatoms. The number of hydrogen-bond acceptors (Lipinski definition) is 3. The molecule has 2 aliphatic rings. The minimum absolute atomic E-state index is 0.168. The minimum atomic E-state index is -0.774. The number of furan rings is 1. The van der Waals surface area contributed by atoms with Crippen LogP contribution >= 0.6 is 0 Å². The van der Waals surface area contributed by atoms with E-state index >= 15 is 0 Å². The Hall–Kier alpha value is -2.07. The first kappa shape index (κ1) is 23.1. The maximum Gasteiger partial charge on any atom is 0.287 e. The predicted octanol–water partition coefficient (Wildman–Crippen LogP) is 5.95. The zero-order valence-electron chi connectivity index (χ0n) is 20.4. The summed E-state index contributed by atoms with van der Waals surface area (Å²) < 4.78 is 5.92. The lowest BCUT2D eigenvalue weighted by Gasteiger charge is -2.42. The van der Waals surface area contributed by atoms with Crippen molar-refractivity contribution in [2.45, 2.75) is 102 Å². The second-order valence-corrected chi connectivity index (χ2v) is 11.5. The summed E-state index contributed by atoms with van der Waals surface area (Å²) in [7, 11) is 0. The number of rotatable bonds is 5. The molecule has 4 nitrogen and oxygen atoms in total. The minimum Gasteiger partial charge on any atom is -0.456 e. The van der Waals surface area contributed by atoms with E-state index in [0.717, 1.165) is 37.9 Å². The summed E-state index contributed by atoms with van der Waals surface area (Å²) in [6, 6.07) is 8.38. The highest BCUT2D eigenvalue weighted by Gasteiger charge is 2.37. The molecule has 2 aromatic rings. The fraction of sp³-hybridized carbons (Fsp3) is 0.607. The van der Waals surface area contributed by atoms with E-state index in [2.05, 4.69) is 52.1 Å². The van der Waals surface area contributed by atoms with Gasteiger partial charge in [-0.1, -0.05) is 59.1 Å². The molecule has 4 rings (SSSR count). The van der Waals surface area contributed by atoms with Crippen molar-refractivity contribution in [3.63, 3.8) is 0 Å². The number of fused-ring (bicyclic) bond motifs is 1. The predicted molar refractivity (Wildman–Crippen MR) is 128 cm³/mol. The third kappa shape index (κ3) is 4.66. The maximum absolute atomic E-state index is 12.6. The van der Waals surface area contributed by atoms with Crippen molar-refractivity contribution in [1.82, 2.24) is 5.32 Å². The van der Waals surface area contributed by atoms with E-state index in [1.54, 1.807) is 6.07 Å². The molecule has 1 aromatic heterocycles. The molecular weight excluding hydrogens is 398 g/mol. The Balaban J connectivity index is 1.48. The third-order valence-electron chi connectivity index (χ3n) is 7.92. The van der Waals surface area contributed by atoms with Crippen LogP contribution in [-0.4, -0.2) is 23.2 Å². The number of carbonyl (C=O) groups is 1. The van der Waals surface area contributed by atoms with Gasteiger partial charge in [-0.2, -0.15) is 0 Å². The number of amides is 1. The highest BCUT2D eigenvalue weighted by atomic mass is 16.4.